The van der Waals surface area contributed by atoms with Crippen molar-refractivity contribution in [3.63, 3.8) is 0 Å². The van der Waals surface area contributed by atoms with Crippen LogP contribution in [-0.2, 0) is 13.2 Å². The molecule has 2 aromatic carbocycles. The van der Waals surface area contributed by atoms with Crippen LogP contribution in [0.1, 0.15) is 32.5 Å². The largest absolute Gasteiger partial charge is 0.301 e. The zero-order chi connectivity index (χ0) is 21.3. The quantitative estimate of drug-likeness (QED) is 0.606. The van der Waals surface area contributed by atoms with Gasteiger partial charge in [0.1, 0.15) is 18.3 Å². The molecule has 1 aliphatic rings. The highest BCUT2D eigenvalue weighted by Gasteiger charge is 2.24. The molecule has 158 valence electrons. The predicted octanol–water partition coefficient (Wildman–Crippen LogP) is 4.79. The van der Waals surface area contributed by atoms with Gasteiger partial charge >= 0.3 is 0 Å². The maximum atomic E-state index is 13.8. The van der Waals surface area contributed by atoms with Crippen LogP contribution in [0, 0.1) is 11.7 Å². The van der Waals surface area contributed by atoms with Crippen molar-refractivity contribution in [2.45, 2.75) is 46.0 Å². The van der Waals surface area contributed by atoms with Crippen molar-refractivity contribution in [1.29, 1.82) is 0 Å². The lowest BCUT2D eigenvalue weighted by Crippen LogP contribution is -2.42. The SMILES string of the molecule is CC(C)N1CCCC(Cn2c(CF)nc3ccc(-c4ccc(F)cc4)cc3c2=O)C1. The van der Waals surface area contributed by atoms with Gasteiger partial charge < -0.3 is 4.90 Å². The van der Waals surface area contributed by atoms with Crippen LogP contribution in [-0.4, -0.2) is 33.6 Å². The molecule has 2 heterocycles. The van der Waals surface area contributed by atoms with E-state index in [1.54, 1.807) is 24.3 Å². The number of halogens is 2. The van der Waals surface area contributed by atoms with Crippen molar-refractivity contribution < 1.29 is 8.78 Å². The second-order valence-corrected chi connectivity index (χ2v) is 8.41. The first-order valence-corrected chi connectivity index (χ1v) is 10.6. The van der Waals surface area contributed by atoms with Crippen LogP contribution >= 0.6 is 0 Å². The van der Waals surface area contributed by atoms with Crippen molar-refractivity contribution >= 4 is 10.9 Å². The molecule has 3 aromatic rings. The van der Waals surface area contributed by atoms with Gasteiger partial charge in [-0.3, -0.25) is 9.36 Å². The number of hydrogen-bond donors (Lipinski definition) is 0. The highest BCUT2D eigenvalue weighted by molar-refractivity contribution is 5.83. The number of fused-ring (bicyclic) bond motifs is 1. The molecule has 0 amide bonds. The molecule has 4 nitrogen and oxygen atoms in total. The monoisotopic (exact) mass is 411 g/mol. The van der Waals surface area contributed by atoms with Gasteiger partial charge in [0.05, 0.1) is 10.9 Å². The van der Waals surface area contributed by atoms with E-state index < -0.39 is 6.67 Å². The standard InChI is InChI=1S/C24H27F2N3O/c1-16(2)28-11-3-4-17(14-28)15-29-23(13-25)27-22-10-7-19(12-21(22)24(29)30)18-5-8-20(26)9-6-18/h5-10,12,16-17H,3-4,11,13-15H2,1-2H3. The van der Waals surface area contributed by atoms with E-state index in [-0.39, 0.29) is 17.2 Å². The highest BCUT2D eigenvalue weighted by atomic mass is 19.1. The summed E-state index contributed by atoms with van der Waals surface area (Å²) in [5, 5.41) is 0.463. The number of hydrogen-bond acceptors (Lipinski definition) is 3. The van der Waals surface area contributed by atoms with Crippen molar-refractivity contribution in [3.8, 4) is 11.1 Å². The third-order valence-electron chi connectivity index (χ3n) is 6.05. The molecule has 30 heavy (non-hydrogen) atoms. The number of likely N-dealkylation sites (tertiary alicyclic amines) is 1. The summed E-state index contributed by atoms with van der Waals surface area (Å²) < 4.78 is 28.5. The minimum Gasteiger partial charge on any atom is -0.301 e. The predicted molar refractivity (Wildman–Crippen MR) is 116 cm³/mol. The van der Waals surface area contributed by atoms with Gasteiger partial charge in [-0.25, -0.2) is 13.8 Å². The third-order valence-corrected chi connectivity index (χ3v) is 6.05. The van der Waals surface area contributed by atoms with E-state index in [0.717, 1.165) is 37.1 Å². The fourth-order valence-electron chi connectivity index (χ4n) is 4.35. The van der Waals surface area contributed by atoms with Gasteiger partial charge in [-0.05, 0) is 74.5 Å². The number of rotatable bonds is 5. The summed E-state index contributed by atoms with van der Waals surface area (Å²) in [6.07, 6.45) is 2.10. The zero-order valence-electron chi connectivity index (χ0n) is 17.4. The molecular formula is C24H27F2N3O. The van der Waals surface area contributed by atoms with Gasteiger partial charge in [-0.2, -0.15) is 0 Å². The summed E-state index contributed by atoms with van der Waals surface area (Å²) in [6, 6.07) is 11.9. The maximum absolute atomic E-state index is 13.8. The lowest BCUT2D eigenvalue weighted by molar-refractivity contribution is 0.129. The molecule has 0 N–H and O–H groups in total. The molecule has 0 bridgehead atoms. The first-order valence-electron chi connectivity index (χ1n) is 10.6. The maximum Gasteiger partial charge on any atom is 0.261 e. The summed E-state index contributed by atoms with van der Waals surface area (Å²) in [4.78, 5) is 20.2. The fourth-order valence-corrected chi connectivity index (χ4v) is 4.35. The lowest BCUT2D eigenvalue weighted by atomic mass is 9.96. The average Bonchev–Trinajstić information content (AvgIpc) is 2.76. The number of piperidine rings is 1. The lowest BCUT2D eigenvalue weighted by Gasteiger charge is -2.35. The van der Waals surface area contributed by atoms with Gasteiger partial charge in [-0.15, -0.1) is 0 Å². The molecule has 0 spiro atoms. The van der Waals surface area contributed by atoms with Crippen LogP contribution in [0.3, 0.4) is 0 Å². The van der Waals surface area contributed by atoms with E-state index in [2.05, 4.69) is 23.7 Å². The molecule has 1 aromatic heterocycles. The van der Waals surface area contributed by atoms with Crippen molar-refractivity contribution in [3.05, 3.63) is 64.5 Å². The number of aromatic nitrogens is 2. The van der Waals surface area contributed by atoms with Crippen molar-refractivity contribution in [2.24, 2.45) is 5.92 Å². The fraction of sp³-hybridized carbons (Fsp3) is 0.417. The van der Waals surface area contributed by atoms with E-state index in [1.807, 2.05) is 6.07 Å². The van der Waals surface area contributed by atoms with Crippen LogP contribution in [0.2, 0.25) is 0 Å². The van der Waals surface area contributed by atoms with E-state index in [9.17, 15) is 13.6 Å². The molecule has 0 radical (unpaired) electrons. The van der Waals surface area contributed by atoms with Crippen LogP contribution in [0.25, 0.3) is 22.0 Å². The van der Waals surface area contributed by atoms with Crippen LogP contribution in [0.15, 0.2) is 47.3 Å². The first kappa shape index (κ1) is 20.7. The zero-order valence-corrected chi connectivity index (χ0v) is 17.4. The Kier molecular flexibility index (Phi) is 5.95. The average molecular weight is 411 g/mol. The van der Waals surface area contributed by atoms with Gasteiger partial charge in [0, 0.05) is 19.1 Å². The molecule has 1 aliphatic heterocycles. The second kappa shape index (κ2) is 8.64. The Morgan fingerprint density at radius 2 is 1.87 bits per heavy atom. The Labute approximate surface area is 175 Å². The van der Waals surface area contributed by atoms with Crippen molar-refractivity contribution in [2.75, 3.05) is 13.1 Å². The first-order chi connectivity index (χ1) is 14.5. The molecule has 0 aliphatic carbocycles. The molecule has 1 atom stereocenters. The van der Waals surface area contributed by atoms with Crippen LogP contribution in [0.4, 0.5) is 8.78 Å². The Morgan fingerprint density at radius 3 is 2.57 bits per heavy atom. The minimum absolute atomic E-state index is 0.184. The second-order valence-electron chi connectivity index (χ2n) is 8.41. The topological polar surface area (TPSA) is 38.1 Å². The third kappa shape index (κ3) is 4.15. The van der Waals surface area contributed by atoms with Crippen LogP contribution in [0.5, 0.6) is 0 Å². The summed E-state index contributed by atoms with van der Waals surface area (Å²) >= 11 is 0. The molecule has 1 unspecified atom stereocenters. The van der Waals surface area contributed by atoms with Gasteiger partial charge in [-0.1, -0.05) is 18.2 Å². The number of alkyl halides is 1. The number of benzene rings is 2. The van der Waals surface area contributed by atoms with E-state index in [4.69, 9.17) is 0 Å². The van der Waals surface area contributed by atoms with Gasteiger partial charge in [0.25, 0.3) is 5.56 Å². The summed E-state index contributed by atoms with van der Waals surface area (Å²) in [7, 11) is 0. The normalized spacial score (nSPS) is 17.7. The van der Waals surface area contributed by atoms with Gasteiger partial charge in [0.15, 0.2) is 0 Å². The Balaban J connectivity index is 1.72. The molecule has 6 heteroatoms. The number of nitrogens with zero attached hydrogens (tertiary/aromatic N) is 3. The molecule has 1 saturated heterocycles. The summed E-state index contributed by atoms with van der Waals surface area (Å²) in [5.41, 5.74) is 1.91. The molecule has 4 rings (SSSR count). The van der Waals surface area contributed by atoms with E-state index in [0.29, 0.717) is 29.4 Å². The summed E-state index contributed by atoms with van der Waals surface area (Å²) in [6.45, 7) is 6.03. The Morgan fingerprint density at radius 1 is 1.13 bits per heavy atom. The summed E-state index contributed by atoms with van der Waals surface area (Å²) in [5.74, 6) is 0.173. The highest BCUT2D eigenvalue weighted by Crippen LogP contribution is 2.24. The van der Waals surface area contributed by atoms with E-state index >= 15 is 0 Å². The Bertz CT molecular complexity index is 1090. The molecular weight excluding hydrogens is 384 g/mol. The van der Waals surface area contributed by atoms with Gasteiger partial charge in [0.2, 0.25) is 0 Å². The van der Waals surface area contributed by atoms with Crippen LogP contribution < -0.4 is 5.56 Å². The smallest absolute Gasteiger partial charge is 0.261 e. The Hall–Kier alpha value is -2.60. The molecule has 1 fully saturated rings. The minimum atomic E-state index is -0.772. The molecule has 0 saturated carbocycles. The van der Waals surface area contributed by atoms with E-state index in [1.165, 1.54) is 16.7 Å². The van der Waals surface area contributed by atoms with Crippen molar-refractivity contribution in [1.82, 2.24) is 14.5 Å².